The number of nitrogens with two attached hydrogens (primary N) is 1. The number of aliphatic carboxylic acids is 1. The lowest BCUT2D eigenvalue weighted by Crippen LogP contribution is -2.43. The molecule has 0 atom stereocenters. The zero-order chi connectivity index (χ0) is 12.6. The summed E-state index contributed by atoms with van der Waals surface area (Å²) in [5.41, 5.74) is 4.84. The minimum atomic E-state index is -0.748. The molecule has 0 unspecified atom stereocenters. The van der Waals surface area contributed by atoms with Crippen LogP contribution in [0, 0.1) is 0 Å². The number of rotatable bonds is 9. The van der Waals surface area contributed by atoms with Crippen LogP contribution in [0.15, 0.2) is 0 Å². The Morgan fingerprint density at radius 3 is 2.38 bits per heavy atom. The first-order valence-corrected chi connectivity index (χ1v) is 5.58. The highest BCUT2D eigenvalue weighted by molar-refractivity contribution is 5.74. The van der Waals surface area contributed by atoms with Gasteiger partial charge in [-0.25, -0.2) is 0 Å². The molecular weight excluding hydrogens is 208 g/mol. The summed E-state index contributed by atoms with van der Waals surface area (Å²) >= 11 is 0. The second kappa shape index (κ2) is 7.22. The van der Waals surface area contributed by atoms with E-state index in [4.69, 9.17) is 10.8 Å². The van der Waals surface area contributed by atoms with Gasteiger partial charge in [-0.05, 0) is 33.2 Å². The van der Waals surface area contributed by atoms with Gasteiger partial charge in [0.15, 0.2) is 0 Å². The number of amides is 1. The molecule has 0 aliphatic rings. The molecule has 0 heterocycles. The summed E-state index contributed by atoms with van der Waals surface area (Å²) < 4.78 is 0. The van der Waals surface area contributed by atoms with Gasteiger partial charge in [0.25, 0.3) is 0 Å². The van der Waals surface area contributed by atoms with Crippen LogP contribution < -0.4 is 11.1 Å². The van der Waals surface area contributed by atoms with E-state index in [0.717, 1.165) is 19.4 Å². The predicted molar refractivity (Wildman–Crippen MR) is 62.0 cm³/mol. The number of unbranched alkanes of at least 4 members (excludes halogenated alkanes) is 2. The van der Waals surface area contributed by atoms with Gasteiger partial charge in [-0.2, -0.15) is 0 Å². The molecule has 0 rings (SSSR count). The Kier molecular flexibility index (Phi) is 6.72. The zero-order valence-electron chi connectivity index (χ0n) is 10.1. The van der Waals surface area contributed by atoms with Crippen LogP contribution in [0.5, 0.6) is 0 Å². The fourth-order valence-corrected chi connectivity index (χ4v) is 1.50. The summed E-state index contributed by atoms with van der Waals surface area (Å²) in [6.45, 7) is 4.63. The molecule has 0 bridgehead atoms. The van der Waals surface area contributed by atoms with Crippen LogP contribution in [-0.4, -0.2) is 29.1 Å². The van der Waals surface area contributed by atoms with Crippen molar-refractivity contribution in [2.75, 3.05) is 6.54 Å². The number of primary amides is 1. The van der Waals surface area contributed by atoms with Crippen molar-refractivity contribution in [2.24, 2.45) is 5.73 Å². The Morgan fingerprint density at radius 1 is 1.25 bits per heavy atom. The van der Waals surface area contributed by atoms with Gasteiger partial charge in [-0.1, -0.05) is 6.42 Å². The lowest BCUT2D eigenvalue weighted by atomic mass is 10.00. The van der Waals surface area contributed by atoms with E-state index < -0.39 is 5.97 Å². The van der Waals surface area contributed by atoms with Crippen LogP contribution in [0.2, 0.25) is 0 Å². The van der Waals surface area contributed by atoms with Gasteiger partial charge in [0.1, 0.15) is 0 Å². The molecule has 0 saturated heterocycles. The van der Waals surface area contributed by atoms with E-state index in [1.54, 1.807) is 0 Å². The first-order chi connectivity index (χ1) is 7.33. The van der Waals surface area contributed by atoms with Crippen LogP contribution in [-0.2, 0) is 9.59 Å². The molecule has 94 valence electrons. The van der Waals surface area contributed by atoms with Crippen molar-refractivity contribution in [1.29, 1.82) is 0 Å². The summed E-state index contributed by atoms with van der Waals surface area (Å²) in [5, 5.41) is 11.7. The van der Waals surface area contributed by atoms with Gasteiger partial charge in [0.05, 0.1) is 0 Å². The fourth-order valence-electron chi connectivity index (χ4n) is 1.50. The Labute approximate surface area is 96.4 Å². The topological polar surface area (TPSA) is 92.4 Å². The maximum Gasteiger partial charge on any atom is 0.303 e. The number of hydrogen-bond acceptors (Lipinski definition) is 3. The Balaban J connectivity index is 3.50. The summed E-state index contributed by atoms with van der Waals surface area (Å²) in [6, 6.07) is 0. The van der Waals surface area contributed by atoms with Crippen LogP contribution >= 0.6 is 0 Å². The highest BCUT2D eigenvalue weighted by atomic mass is 16.4. The number of carboxylic acids is 1. The standard InChI is InChI=1S/C11H22N2O3/c1-11(2,8-9(12)14)13-7-5-3-4-6-10(15)16/h13H,3-8H2,1-2H3,(H2,12,14)(H,15,16). The van der Waals surface area contributed by atoms with Gasteiger partial charge in [0.2, 0.25) is 5.91 Å². The van der Waals surface area contributed by atoms with Crippen molar-refractivity contribution in [3.8, 4) is 0 Å². The van der Waals surface area contributed by atoms with E-state index in [-0.39, 0.29) is 17.9 Å². The monoisotopic (exact) mass is 230 g/mol. The molecule has 5 nitrogen and oxygen atoms in total. The van der Waals surface area contributed by atoms with Gasteiger partial charge < -0.3 is 16.2 Å². The van der Waals surface area contributed by atoms with Crippen molar-refractivity contribution >= 4 is 11.9 Å². The number of carbonyl (C=O) groups is 2. The molecule has 0 aliphatic heterocycles. The first kappa shape index (κ1) is 14.9. The number of carboxylic acid groups (broad SMARTS) is 1. The predicted octanol–water partition coefficient (Wildman–Crippen LogP) is 0.875. The normalized spacial score (nSPS) is 11.4. The molecule has 0 spiro atoms. The summed E-state index contributed by atoms with van der Waals surface area (Å²) in [6.07, 6.45) is 3.03. The Morgan fingerprint density at radius 2 is 1.88 bits per heavy atom. The van der Waals surface area contributed by atoms with Crippen LogP contribution in [0.3, 0.4) is 0 Å². The van der Waals surface area contributed by atoms with E-state index in [9.17, 15) is 9.59 Å². The maximum absolute atomic E-state index is 10.7. The van der Waals surface area contributed by atoms with Crippen molar-refractivity contribution in [2.45, 2.75) is 51.5 Å². The summed E-state index contributed by atoms with van der Waals surface area (Å²) in [7, 11) is 0. The zero-order valence-corrected chi connectivity index (χ0v) is 10.1. The molecule has 1 amide bonds. The van der Waals surface area contributed by atoms with Crippen molar-refractivity contribution in [3.05, 3.63) is 0 Å². The molecule has 0 aromatic rings. The van der Waals surface area contributed by atoms with Gasteiger partial charge >= 0.3 is 5.97 Å². The third-order valence-electron chi connectivity index (χ3n) is 2.29. The van der Waals surface area contributed by atoms with Gasteiger partial charge in [0, 0.05) is 18.4 Å². The molecule has 5 heteroatoms. The van der Waals surface area contributed by atoms with Crippen molar-refractivity contribution in [1.82, 2.24) is 5.32 Å². The molecule has 0 saturated carbocycles. The lowest BCUT2D eigenvalue weighted by molar-refractivity contribution is -0.137. The number of carbonyl (C=O) groups excluding carboxylic acids is 1. The van der Waals surface area contributed by atoms with Gasteiger partial charge in [-0.15, -0.1) is 0 Å². The highest BCUT2D eigenvalue weighted by Crippen LogP contribution is 2.08. The third-order valence-corrected chi connectivity index (χ3v) is 2.29. The first-order valence-electron chi connectivity index (χ1n) is 5.58. The average Bonchev–Trinajstić information content (AvgIpc) is 2.08. The quantitative estimate of drug-likeness (QED) is 0.512. The SMILES string of the molecule is CC(C)(CC(N)=O)NCCCCCC(=O)O. The Hall–Kier alpha value is -1.10. The largest absolute Gasteiger partial charge is 0.481 e. The van der Waals surface area contributed by atoms with Crippen molar-refractivity contribution < 1.29 is 14.7 Å². The minimum absolute atomic E-state index is 0.227. The van der Waals surface area contributed by atoms with Crippen LogP contribution in [0.4, 0.5) is 0 Å². The molecule has 16 heavy (non-hydrogen) atoms. The van der Waals surface area contributed by atoms with Crippen LogP contribution in [0.1, 0.15) is 46.0 Å². The number of nitrogens with one attached hydrogen (secondary N) is 1. The van der Waals surface area contributed by atoms with Crippen LogP contribution in [0.25, 0.3) is 0 Å². The molecule has 0 fully saturated rings. The second-order valence-corrected chi connectivity index (χ2v) is 4.66. The van der Waals surface area contributed by atoms with E-state index in [1.165, 1.54) is 0 Å². The number of hydrogen-bond donors (Lipinski definition) is 3. The average molecular weight is 230 g/mol. The Bertz CT molecular complexity index is 239. The lowest BCUT2D eigenvalue weighted by Gasteiger charge is -2.24. The molecule has 0 aromatic heterocycles. The van der Waals surface area contributed by atoms with Crippen molar-refractivity contribution in [3.63, 3.8) is 0 Å². The minimum Gasteiger partial charge on any atom is -0.481 e. The smallest absolute Gasteiger partial charge is 0.303 e. The van der Waals surface area contributed by atoms with E-state index in [0.29, 0.717) is 12.8 Å². The third kappa shape index (κ3) is 9.45. The second-order valence-electron chi connectivity index (χ2n) is 4.66. The summed E-state index contributed by atoms with van der Waals surface area (Å²) in [4.78, 5) is 21.0. The molecule has 0 radical (unpaired) electrons. The molecular formula is C11H22N2O3. The highest BCUT2D eigenvalue weighted by Gasteiger charge is 2.18. The molecule has 4 N–H and O–H groups in total. The van der Waals surface area contributed by atoms with E-state index in [1.807, 2.05) is 13.8 Å². The fraction of sp³-hybridized carbons (Fsp3) is 0.818. The maximum atomic E-state index is 10.7. The van der Waals surface area contributed by atoms with E-state index >= 15 is 0 Å². The van der Waals surface area contributed by atoms with Gasteiger partial charge in [-0.3, -0.25) is 9.59 Å². The summed E-state index contributed by atoms with van der Waals surface area (Å²) in [5.74, 6) is -1.06. The van der Waals surface area contributed by atoms with E-state index in [2.05, 4.69) is 5.32 Å². The molecule has 0 aromatic carbocycles. The molecule has 0 aliphatic carbocycles.